The standard InChI is InChI=1S/C22H22N2O4S/c25-21-13-19(18-6-1-2-7-20(18)24-21)22(26)23-16-5-3-4-15(12-16)14-29(27)17-8-10-28-11-9-17/h1-7,12-13,17H,8-11,14H2,(H,23,26)(H,24,25). The summed E-state index contributed by atoms with van der Waals surface area (Å²) in [6, 6.07) is 15.9. The lowest BCUT2D eigenvalue weighted by Gasteiger charge is -2.21. The third-order valence-corrected chi connectivity index (χ3v) is 6.86. The molecule has 1 saturated heterocycles. The van der Waals surface area contributed by atoms with Crippen molar-refractivity contribution in [2.45, 2.75) is 23.8 Å². The fraction of sp³-hybridized carbons (Fsp3) is 0.273. The second kappa shape index (κ2) is 8.71. The number of carbonyl (C=O) groups is 1. The van der Waals surface area contributed by atoms with Crippen LogP contribution in [0.2, 0.25) is 0 Å². The molecule has 1 unspecified atom stereocenters. The lowest BCUT2D eigenvalue weighted by Crippen LogP contribution is -2.25. The van der Waals surface area contributed by atoms with Gasteiger partial charge in [-0.3, -0.25) is 13.8 Å². The number of ether oxygens (including phenoxy) is 1. The molecule has 7 heteroatoms. The summed E-state index contributed by atoms with van der Waals surface area (Å²) in [7, 11) is -0.974. The van der Waals surface area contributed by atoms with Crippen LogP contribution in [0.1, 0.15) is 28.8 Å². The van der Waals surface area contributed by atoms with Gasteiger partial charge in [0.1, 0.15) is 0 Å². The predicted molar refractivity (Wildman–Crippen MR) is 115 cm³/mol. The molecule has 29 heavy (non-hydrogen) atoms. The number of hydrogen-bond donors (Lipinski definition) is 2. The number of nitrogens with one attached hydrogen (secondary N) is 2. The lowest BCUT2D eigenvalue weighted by atomic mass is 10.1. The van der Waals surface area contributed by atoms with E-state index in [1.54, 1.807) is 18.2 Å². The van der Waals surface area contributed by atoms with E-state index in [-0.39, 0.29) is 16.7 Å². The smallest absolute Gasteiger partial charge is 0.256 e. The van der Waals surface area contributed by atoms with Gasteiger partial charge in [-0.25, -0.2) is 0 Å². The minimum Gasteiger partial charge on any atom is -0.381 e. The molecule has 2 heterocycles. The fourth-order valence-corrected chi connectivity index (χ4v) is 5.01. The summed E-state index contributed by atoms with van der Waals surface area (Å²) in [5.41, 5.74) is 2.13. The Hall–Kier alpha value is -2.77. The van der Waals surface area contributed by atoms with Gasteiger partial charge in [-0.2, -0.15) is 0 Å². The van der Waals surface area contributed by atoms with Crippen LogP contribution in [0.5, 0.6) is 0 Å². The number of fused-ring (bicyclic) bond motifs is 1. The van der Waals surface area contributed by atoms with Crippen molar-refractivity contribution in [1.82, 2.24) is 4.98 Å². The summed E-state index contributed by atoms with van der Waals surface area (Å²) >= 11 is 0. The lowest BCUT2D eigenvalue weighted by molar-refractivity contribution is 0.0991. The largest absolute Gasteiger partial charge is 0.381 e. The molecule has 1 aromatic heterocycles. The van der Waals surface area contributed by atoms with Crippen LogP contribution in [0.15, 0.2) is 59.4 Å². The average Bonchev–Trinajstić information content (AvgIpc) is 2.74. The maximum absolute atomic E-state index is 12.8. The number of aromatic nitrogens is 1. The Morgan fingerprint density at radius 2 is 1.90 bits per heavy atom. The summed E-state index contributed by atoms with van der Waals surface area (Å²) in [5.74, 6) is 0.0949. The maximum Gasteiger partial charge on any atom is 0.256 e. The molecule has 0 bridgehead atoms. The number of para-hydroxylation sites is 1. The monoisotopic (exact) mass is 410 g/mol. The van der Waals surface area contributed by atoms with Gasteiger partial charge in [-0.15, -0.1) is 0 Å². The van der Waals surface area contributed by atoms with Crippen LogP contribution in [0, 0.1) is 0 Å². The molecule has 0 spiro atoms. The number of amides is 1. The van der Waals surface area contributed by atoms with E-state index in [1.807, 2.05) is 30.3 Å². The van der Waals surface area contributed by atoms with Crippen molar-refractivity contribution < 1.29 is 13.7 Å². The Balaban J connectivity index is 1.52. The highest BCUT2D eigenvalue weighted by molar-refractivity contribution is 7.84. The Kier molecular flexibility index (Phi) is 5.87. The maximum atomic E-state index is 12.8. The van der Waals surface area contributed by atoms with Gasteiger partial charge < -0.3 is 15.0 Å². The van der Waals surface area contributed by atoms with Crippen molar-refractivity contribution in [3.8, 4) is 0 Å². The average molecular weight is 410 g/mol. The van der Waals surface area contributed by atoms with Crippen LogP contribution >= 0.6 is 0 Å². The highest BCUT2D eigenvalue weighted by atomic mass is 32.2. The highest BCUT2D eigenvalue weighted by Gasteiger charge is 2.20. The van der Waals surface area contributed by atoms with E-state index in [0.29, 0.717) is 41.1 Å². The summed E-state index contributed by atoms with van der Waals surface area (Å²) in [6.07, 6.45) is 1.64. The zero-order chi connectivity index (χ0) is 20.2. The third kappa shape index (κ3) is 4.63. The van der Waals surface area contributed by atoms with Gasteiger partial charge >= 0.3 is 0 Å². The second-order valence-electron chi connectivity index (χ2n) is 7.08. The first-order valence-electron chi connectivity index (χ1n) is 9.57. The number of pyridine rings is 1. The minimum atomic E-state index is -0.974. The second-order valence-corrected chi connectivity index (χ2v) is 8.80. The quantitative estimate of drug-likeness (QED) is 0.676. The van der Waals surface area contributed by atoms with Crippen LogP contribution < -0.4 is 10.9 Å². The van der Waals surface area contributed by atoms with Crippen molar-refractivity contribution >= 4 is 33.3 Å². The van der Waals surface area contributed by atoms with Crippen molar-refractivity contribution in [1.29, 1.82) is 0 Å². The molecule has 2 aromatic carbocycles. The minimum absolute atomic E-state index is 0.157. The Labute approximate surface area is 170 Å². The molecule has 0 aliphatic carbocycles. The first-order valence-corrected chi connectivity index (χ1v) is 11.0. The predicted octanol–water partition coefficient (Wildman–Crippen LogP) is 3.21. The van der Waals surface area contributed by atoms with Crippen molar-refractivity contribution in [3.63, 3.8) is 0 Å². The van der Waals surface area contributed by atoms with E-state index >= 15 is 0 Å². The summed E-state index contributed by atoms with van der Waals surface area (Å²) in [4.78, 5) is 27.5. The number of anilines is 1. The van der Waals surface area contributed by atoms with Crippen LogP contribution in [0.25, 0.3) is 10.9 Å². The first-order chi connectivity index (χ1) is 14.1. The van der Waals surface area contributed by atoms with Crippen molar-refractivity contribution in [2.75, 3.05) is 18.5 Å². The number of carbonyl (C=O) groups excluding carboxylic acids is 1. The van der Waals surface area contributed by atoms with Crippen LogP contribution in [-0.2, 0) is 21.3 Å². The topological polar surface area (TPSA) is 88.3 Å². The van der Waals surface area contributed by atoms with E-state index in [4.69, 9.17) is 4.74 Å². The normalized spacial score (nSPS) is 15.9. The molecule has 150 valence electrons. The molecule has 2 N–H and O–H groups in total. The molecule has 0 saturated carbocycles. The molecule has 3 aromatic rings. The van der Waals surface area contributed by atoms with Crippen molar-refractivity contribution in [3.05, 3.63) is 76.1 Å². The van der Waals surface area contributed by atoms with Gasteiger partial charge in [0.15, 0.2) is 0 Å². The summed E-state index contributed by atoms with van der Waals surface area (Å²) in [6.45, 7) is 1.33. The molecule has 1 amide bonds. The van der Waals surface area contributed by atoms with Crippen LogP contribution in [0.4, 0.5) is 5.69 Å². The first kappa shape index (κ1) is 19.5. The molecular formula is C22H22N2O4S. The van der Waals surface area contributed by atoms with E-state index < -0.39 is 10.8 Å². The molecule has 0 radical (unpaired) electrons. The van der Waals surface area contributed by atoms with E-state index in [1.165, 1.54) is 6.07 Å². The third-order valence-electron chi connectivity index (χ3n) is 5.03. The molecule has 1 aliphatic rings. The number of hydrogen-bond acceptors (Lipinski definition) is 4. The SMILES string of the molecule is O=C(Nc1cccc(CS(=O)C2CCOCC2)c1)c1cc(=O)[nH]c2ccccc12. The number of aromatic amines is 1. The fourth-order valence-electron chi connectivity index (χ4n) is 3.55. The van der Waals surface area contributed by atoms with E-state index in [2.05, 4.69) is 10.3 Å². The van der Waals surface area contributed by atoms with Gasteiger partial charge in [0, 0.05) is 57.7 Å². The zero-order valence-electron chi connectivity index (χ0n) is 15.9. The van der Waals surface area contributed by atoms with Gasteiger partial charge in [0.25, 0.3) is 5.91 Å². The number of rotatable bonds is 5. The molecule has 1 fully saturated rings. The van der Waals surface area contributed by atoms with E-state index in [9.17, 15) is 13.8 Å². The van der Waals surface area contributed by atoms with E-state index in [0.717, 1.165) is 18.4 Å². The van der Waals surface area contributed by atoms with Crippen LogP contribution in [-0.4, -0.2) is 33.6 Å². The van der Waals surface area contributed by atoms with Crippen molar-refractivity contribution in [2.24, 2.45) is 0 Å². The number of benzene rings is 2. The van der Waals surface area contributed by atoms with Gasteiger partial charge in [0.2, 0.25) is 5.56 Å². The molecule has 6 nitrogen and oxygen atoms in total. The molecular weight excluding hydrogens is 388 g/mol. The molecule has 1 atom stereocenters. The van der Waals surface area contributed by atoms with Gasteiger partial charge in [-0.1, -0.05) is 30.3 Å². The highest BCUT2D eigenvalue weighted by Crippen LogP contribution is 2.20. The van der Waals surface area contributed by atoms with Gasteiger partial charge in [0.05, 0.1) is 5.56 Å². The number of H-pyrrole nitrogens is 1. The van der Waals surface area contributed by atoms with Gasteiger partial charge in [-0.05, 0) is 36.6 Å². The molecule has 1 aliphatic heterocycles. The summed E-state index contributed by atoms with van der Waals surface area (Å²) in [5, 5.41) is 3.70. The Morgan fingerprint density at radius 3 is 2.72 bits per heavy atom. The Morgan fingerprint density at radius 1 is 1.10 bits per heavy atom. The molecule has 4 rings (SSSR count). The summed E-state index contributed by atoms with van der Waals surface area (Å²) < 4.78 is 18.0. The zero-order valence-corrected chi connectivity index (χ0v) is 16.7. The van der Waals surface area contributed by atoms with Crippen LogP contribution in [0.3, 0.4) is 0 Å². The Bertz CT molecular complexity index is 1120.